The van der Waals surface area contributed by atoms with Crippen molar-refractivity contribution >= 4 is 44.4 Å². The second kappa shape index (κ2) is 9.13. The van der Waals surface area contributed by atoms with Crippen LogP contribution in [-0.2, 0) is 18.3 Å². The molecular weight excluding hydrogens is 534 g/mol. The molecule has 1 aliphatic carbocycles. The molecule has 3 heterocycles. The van der Waals surface area contributed by atoms with Crippen LogP contribution in [0.4, 0.5) is 0 Å². The van der Waals surface area contributed by atoms with Gasteiger partial charge in [0, 0.05) is 31.7 Å². The first-order chi connectivity index (χ1) is 17.1. The third-order valence-electron chi connectivity index (χ3n) is 6.73. The van der Waals surface area contributed by atoms with Gasteiger partial charge in [0.15, 0.2) is 0 Å². The molecule has 0 aliphatic heterocycles. The summed E-state index contributed by atoms with van der Waals surface area (Å²) < 4.78 is 4.40. The molecule has 1 aliphatic rings. The SMILES string of the molecule is Cc1cc(C=Nn2c(C(C)(C)C)nc3ccc(Br)cc3c2=O)c(C)n1-c1sc2c(c1C#N)CCCC2. The first-order valence-corrected chi connectivity index (χ1v) is 13.7. The van der Waals surface area contributed by atoms with Gasteiger partial charge in [0.05, 0.1) is 22.7 Å². The predicted octanol–water partition coefficient (Wildman–Crippen LogP) is 6.56. The van der Waals surface area contributed by atoms with Gasteiger partial charge in [-0.05, 0) is 69.4 Å². The highest BCUT2D eigenvalue weighted by molar-refractivity contribution is 9.10. The summed E-state index contributed by atoms with van der Waals surface area (Å²) in [6.45, 7) is 10.2. The van der Waals surface area contributed by atoms with Gasteiger partial charge in [-0.1, -0.05) is 36.7 Å². The summed E-state index contributed by atoms with van der Waals surface area (Å²) >= 11 is 5.19. The number of benzene rings is 1. The van der Waals surface area contributed by atoms with Gasteiger partial charge in [-0.2, -0.15) is 15.0 Å². The van der Waals surface area contributed by atoms with Gasteiger partial charge < -0.3 is 4.57 Å². The Balaban J connectivity index is 1.64. The summed E-state index contributed by atoms with van der Waals surface area (Å²) in [7, 11) is 0. The van der Waals surface area contributed by atoms with E-state index in [2.05, 4.69) is 37.7 Å². The van der Waals surface area contributed by atoms with E-state index in [0.29, 0.717) is 16.7 Å². The molecule has 3 aromatic heterocycles. The summed E-state index contributed by atoms with van der Waals surface area (Å²) in [5.74, 6) is 0.602. The molecule has 0 bridgehead atoms. The zero-order valence-corrected chi connectivity index (χ0v) is 23.5. The van der Waals surface area contributed by atoms with E-state index in [0.717, 1.165) is 51.3 Å². The smallest absolute Gasteiger partial charge is 0.282 e. The second-order valence-electron chi connectivity index (χ2n) is 10.4. The van der Waals surface area contributed by atoms with E-state index >= 15 is 0 Å². The lowest BCUT2D eigenvalue weighted by molar-refractivity contribution is 0.506. The molecule has 0 N–H and O–H groups in total. The number of rotatable bonds is 3. The maximum absolute atomic E-state index is 13.5. The summed E-state index contributed by atoms with van der Waals surface area (Å²) in [6.07, 6.45) is 6.08. The van der Waals surface area contributed by atoms with Gasteiger partial charge in [0.1, 0.15) is 16.9 Å². The van der Waals surface area contributed by atoms with Gasteiger partial charge in [0.25, 0.3) is 5.56 Å². The molecule has 8 heteroatoms. The molecule has 0 radical (unpaired) electrons. The zero-order valence-electron chi connectivity index (χ0n) is 21.1. The lowest BCUT2D eigenvalue weighted by atomic mass is 9.95. The van der Waals surface area contributed by atoms with Crippen LogP contribution in [0.2, 0.25) is 0 Å². The molecule has 0 fully saturated rings. The van der Waals surface area contributed by atoms with Crippen molar-refractivity contribution in [2.45, 2.75) is 65.7 Å². The maximum Gasteiger partial charge on any atom is 0.282 e. The summed E-state index contributed by atoms with van der Waals surface area (Å²) in [6, 6.07) is 10.1. The van der Waals surface area contributed by atoms with Gasteiger partial charge in [0.2, 0.25) is 0 Å². The third-order valence-corrected chi connectivity index (χ3v) is 8.50. The Morgan fingerprint density at radius 2 is 1.94 bits per heavy atom. The first-order valence-electron chi connectivity index (χ1n) is 12.1. The van der Waals surface area contributed by atoms with Crippen molar-refractivity contribution in [1.82, 2.24) is 14.2 Å². The minimum Gasteiger partial charge on any atom is -0.308 e. The molecule has 0 atom stereocenters. The number of hydrogen-bond acceptors (Lipinski definition) is 5. The largest absolute Gasteiger partial charge is 0.308 e. The average Bonchev–Trinajstić information content (AvgIpc) is 3.33. The Hall–Kier alpha value is -3.02. The lowest BCUT2D eigenvalue weighted by Crippen LogP contribution is -2.29. The van der Waals surface area contributed by atoms with E-state index in [9.17, 15) is 10.1 Å². The van der Waals surface area contributed by atoms with Crippen LogP contribution >= 0.6 is 27.3 Å². The number of nitrogens with zero attached hydrogens (tertiary/aromatic N) is 5. The molecule has 1 aromatic carbocycles. The van der Waals surface area contributed by atoms with Gasteiger partial charge in [-0.25, -0.2) is 4.98 Å². The number of hydrogen-bond donors (Lipinski definition) is 0. The Morgan fingerprint density at radius 3 is 2.67 bits per heavy atom. The molecule has 36 heavy (non-hydrogen) atoms. The van der Waals surface area contributed by atoms with Crippen LogP contribution in [-0.4, -0.2) is 20.4 Å². The topological polar surface area (TPSA) is 76.0 Å². The van der Waals surface area contributed by atoms with Crippen molar-refractivity contribution in [3.05, 3.63) is 77.9 Å². The van der Waals surface area contributed by atoms with Crippen molar-refractivity contribution in [1.29, 1.82) is 5.26 Å². The Kier molecular flexibility index (Phi) is 6.26. The molecule has 0 unspecified atom stereocenters. The predicted molar refractivity (Wildman–Crippen MR) is 150 cm³/mol. The fraction of sp³-hybridized carbons (Fsp3) is 0.357. The minimum absolute atomic E-state index is 0.200. The van der Waals surface area contributed by atoms with E-state index in [1.54, 1.807) is 23.6 Å². The lowest BCUT2D eigenvalue weighted by Gasteiger charge is -2.20. The molecule has 5 rings (SSSR count). The second-order valence-corrected chi connectivity index (χ2v) is 12.4. The van der Waals surface area contributed by atoms with Crippen molar-refractivity contribution in [3.8, 4) is 11.1 Å². The highest BCUT2D eigenvalue weighted by atomic mass is 79.9. The highest BCUT2D eigenvalue weighted by Crippen LogP contribution is 2.38. The van der Waals surface area contributed by atoms with Gasteiger partial charge in [-0.3, -0.25) is 4.79 Å². The van der Waals surface area contributed by atoms with Crippen LogP contribution in [0.1, 0.15) is 72.4 Å². The monoisotopic (exact) mass is 561 g/mol. The number of aromatic nitrogens is 3. The Bertz CT molecular complexity index is 1640. The maximum atomic E-state index is 13.5. The normalized spacial score (nSPS) is 13.9. The van der Waals surface area contributed by atoms with Crippen molar-refractivity contribution in [2.75, 3.05) is 0 Å². The molecule has 184 valence electrons. The van der Waals surface area contributed by atoms with Crippen LogP contribution in [0.15, 0.2) is 38.6 Å². The number of thiophene rings is 1. The fourth-order valence-electron chi connectivity index (χ4n) is 4.92. The van der Waals surface area contributed by atoms with Gasteiger partial charge in [-0.15, -0.1) is 11.3 Å². The molecule has 6 nitrogen and oxygen atoms in total. The molecule has 4 aromatic rings. The van der Waals surface area contributed by atoms with Crippen LogP contribution < -0.4 is 5.56 Å². The Labute approximate surface area is 223 Å². The summed E-state index contributed by atoms with van der Waals surface area (Å²) in [4.78, 5) is 19.6. The number of aryl methyl sites for hydroxylation is 2. The highest BCUT2D eigenvalue weighted by Gasteiger charge is 2.25. The van der Waals surface area contributed by atoms with Crippen LogP contribution in [0.25, 0.3) is 15.9 Å². The van der Waals surface area contributed by atoms with E-state index in [-0.39, 0.29) is 11.0 Å². The molecule has 0 saturated carbocycles. The van der Waals surface area contributed by atoms with Gasteiger partial charge >= 0.3 is 0 Å². The minimum atomic E-state index is -0.383. The number of halogens is 1. The van der Waals surface area contributed by atoms with E-state index < -0.39 is 0 Å². The fourth-order valence-corrected chi connectivity index (χ4v) is 6.73. The third kappa shape index (κ3) is 4.14. The van der Waals surface area contributed by atoms with Crippen LogP contribution in [0.5, 0.6) is 0 Å². The summed E-state index contributed by atoms with van der Waals surface area (Å²) in [5.41, 5.74) is 5.03. The van der Waals surface area contributed by atoms with E-state index in [1.165, 1.54) is 21.5 Å². The molecular formula is C28H28BrN5OS. The van der Waals surface area contributed by atoms with Crippen molar-refractivity contribution in [2.24, 2.45) is 5.10 Å². The van der Waals surface area contributed by atoms with E-state index in [1.807, 2.05) is 46.8 Å². The van der Waals surface area contributed by atoms with Crippen LogP contribution in [0.3, 0.4) is 0 Å². The average molecular weight is 563 g/mol. The number of nitriles is 1. The summed E-state index contributed by atoms with van der Waals surface area (Å²) in [5, 5.41) is 16.1. The number of fused-ring (bicyclic) bond motifs is 2. The van der Waals surface area contributed by atoms with Crippen molar-refractivity contribution < 1.29 is 0 Å². The Morgan fingerprint density at radius 1 is 1.19 bits per heavy atom. The quantitative estimate of drug-likeness (QED) is 0.266. The van der Waals surface area contributed by atoms with Crippen LogP contribution in [0, 0.1) is 25.2 Å². The molecule has 0 amide bonds. The first kappa shape index (κ1) is 24.7. The molecule has 0 spiro atoms. The zero-order chi connectivity index (χ0) is 25.8. The molecule has 0 saturated heterocycles. The standard InChI is InChI=1S/C28H28BrN5OS/c1-16-12-18(17(2)33(16)26-22(14-30)20-8-6-7-9-24(20)36-26)15-31-34-25(35)21-13-19(29)10-11-23(21)32-27(34)28(3,4)5/h10-13,15H,6-9H2,1-5H3. The van der Waals surface area contributed by atoms with E-state index in [4.69, 9.17) is 4.98 Å². The van der Waals surface area contributed by atoms with Crippen molar-refractivity contribution in [3.63, 3.8) is 0 Å².